The number of rotatable bonds is 6. The molecule has 28 heavy (non-hydrogen) atoms. The molecule has 3 aromatic rings. The second-order valence-corrected chi connectivity index (χ2v) is 6.09. The van der Waals surface area contributed by atoms with Gasteiger partial charge >= 0.3 is 5.97 Å². The predicted molar refractivity (Wildman–Crippen MR) is 109 cm³/mol. The highest BCUT2D eigenvalue weighted by Crippen LogP contribution is 2.22. The molecule has 6 heteroatoms. The van der Waals surface area contributed by atoms with Crippen molar-refractivity contribution in [2.45, 2.75) is 13.3 Å². The number of carbonyl (C=O) groups is 2. The monoisotopic (exact) mass is 375 g/mol. The standard InChI is InChI=1S/C22H21N3O3/c1-3-15-8-4-6-10-19(15)25-21(26)16-12-17(14-23-13-16)24-20-11-7-5-9-18(20)22(27)28-2/h4-14,24H,3H2,1-2H3,(H,25,26). The van der Waals surface area contributed by atoms with E-state index in [1.54, 1.807) is 36.5 Å². The number of esters is 1. The van der Waals surface area contributed by atoms with Crippen molar-refractivity contribution >= 4 is 28.9 Å². The van der Waals surface area contributed by atoms with E-state index >= 15 is 0 Å². The molecule has 2 N–H and O–H groups in total. The normalized spacial score (nSPS) is 10.2. The third-order valence-corrected chi connectivity index (χ3v) is 4.26. The fourth-order valence-corrected chi connectivity index (χ4v) is 2.81. The first-order valence-electron chi connectivity index (χ1n) is 8.91. The third kappa shape index (κ3) is 4.35. The number of benzene rings is 2. The van der Waals surface area contributed by atoms with Gasteiger partial charge in [0.15, 0.2) is 0 Å². The number of nitrogens with zero attached hydrogens (tertiary/aromatic N) is 1. The Balaban J connectivity index is 1.81. The Hall–Kier alpha value is -3.67. The highest BCUT2D eigenvalue weighted by atomic mass is 16.5. The SMILES string of the molecule is CCc1ccccc1NC(=O)c1cncc(Nc2ccccc2C(=O)OC)c1. The van der Waals surface area contributed by atoms with Crippen LogP contribution < -0.4 is 10.6 Å². The molecule has 0 aliphatic heterocycles. The van der Waals surface area contributed by atoms with E-state index in [0.29, 0.717) is 22.5 Å². The van der Waals surface area contributed by atoms with E-state index in [4.69, 9.17) is 4.74 Å². The molecule has 0 aliphatic rings. The minimum absolute atomic E-state index is 0.252. The first-order chi connectivity index (χ1) is 13.6. The number of pyridine rings is 1. The van der Waals surface area contributed by atoms with Crippen LogP contribution in [-0.4, -0.2) is 24.0 Å². The Morgan fingerprint density at radius 2 is 1.71 bits per heavy atom. The zero-order valence-corrected chi connectivity index (χ0v) is 15.7. The molecule has 0 saturated carbocycles. The maximum absolute atomic E-state index is 12.7. The van der Waals surface area contributed by atoms with Gasteiger partial charge in [0.05, 0.1) is 35.8 Å². The first-order valence-corrected chi connectivity index (χ1v) is 8.91. The van der Waals surface area contributed by atoms with Crippen LogP contribution in [0.5, 0.6) is 0 Å². The minimum Gasteiger partial charge on any atom is -0.465 e. The van der Waals surface area contributed by atoms with Gasteiger partial charge in [0.1, 0.15) is 0 Å². The molecular formula is C22H21N3O3. The van der Waals surface area contributed by atoms with E-state index < -0.39 is 5.97 Å². The van der Waals surface area contributed by atoms with Gasteiger partial charge in [0, 0.05) is 11.9 Å². The molecule has 142 valence electrons. The van der Waals surface area contributed by atoms with Crippen LogP contribution in [0.4, 0.5) is 17.1 Å². The summed E-state index contributed by atoms with van der Waals surface area (Å²) >= 11 is 0. The average molecular weight is 375 g/mol. The second kappa shape index (κ2) is 8.81. The van der Waals surface area contributed by atoms with Crippen LogP contribution in [0.2, 0.25) is 0 Å². The lowest BCUT2D eigenvalue weighted by Gasteiger charge is -2.12. The number of hydrogen-bond acceptors (Lipinski definition) is 5. The Morgan fingerprint density at radius 3 is 2.46 bits per heavy atom. The fourth-order valence-electron chi connectivity index (χ4n) is 2.81. The van der Waals surface area contributed by atoms with Crippen molar-refractivity contribution in [1.29, 1.82) is 0 Å². The van der Waals surface area contributed by atoms with Crippen molar-refractivity contribution in [3.05, 3.63) is 83.7 Å². The van der Waals surface area contributed by atoms with Gasteiger partial charge in [-0.15, -0.1) is 0 Å². The minimum atomic E-state index is -0.443. The summed E-state index contributed by atoms with van der Waals surface area (Å²) in [6.45, 7) is 2.04. The highest BCUT2D eigenvalue weighted by Gasteiger charge is 2.13. The van der Waals surface area contributed by atoms with Gasteiger partial charge in [-0.05, 0) is 36.2 Å². The summed E-state index contributed by atoms with van der Waals surface area (Å²) in [6, 6.07) is 16.4. The number of aryl methyl sites for hydroxylation is 1. The number of nitrogens with one attached hydrogen (secondary N) is 2. The van der Waals surface area contributed by atoms with Crippen LogP contribution >= 0.6 is 0 Å². The van der Waals surface area contributed by atoms with E-state index in [9.17, 15) is 9.59 Å². The van der Waals surface area contributed by atoms with Crippen LogP contribution in [0.15, 0.2) is 67.0 Å². The Labute approximate surface area is 163 Å². The van der Waals surface area contributed by atoms with Crippen molar-refractivity contribution in [3.8, 4) is 0 Å². The van der Waals surface area contributed by atoms with E-state index in [1.807, 2.05) is 31.2 Å². The molecule has 1 heterocycles. The number of aromatic nitrogens is 1. The smallest absolute Gasteiger partial charge is 0.339 e. The van der Waals surface area contributed by atoms with E-state index in [1.165, 1.54) is 13.3 Å². The van der Waals surface area contributed by atoms with Gasteiger partial charge in [-0.3, -0.25) is 9.78 Å². The molecule has 0 atom stereocenters. The van der Waals surface area contributed by atoms with Gasteiger partial charge in [0.25, 0.3) is 5.91 Å². The molecule has 0 bridgehead atoms. The Kier molecular flexibility index (Phi) is 6.01. The Bertz CT molecular complexity index is 1000. The maximum atomic E-state index is 12.7. The van der Waals surface area contributed by atoms with Gasteiger partial charge in [-0.2, -0.15) is 0 Å². The summed E-state index contributed by atoms with van der Waals surface area (Å²) in [5, 5.41) is 6.05. The van der Waals surface area contributed by atoms with Crippen LogP contribution in [-0.2, 0) is 11.2 Å². The quantitative estimate of drug-likeness (QED) is 0.623. The van der Waals surface area contributed by atoms with E-state index in [-0.39, 0.29) is 5.91 Å². The summed E-state index contributed by atoms with van der Waals surface area (Å²) in [5.41, 5.74) is 3.82. The van der Waals surface area contributed by atoms with Crippen molar-refractivity contribution in [2.75, 3.05) is 17.7 Å². The van der Waals surface area contributed by atoms with Gasteiger partial charge in [-0.1, -0.05) is 37.3 Å². The number of hydrogen-bond donors (Lipinski definition) is 2. The molecular weight excluding hydrogens is 354 g/mol. The number of anilines is 3. The number of carbonyl (C=O) groups excluding carboxylic acids is 2. The van der Waals surface area contributed by atoms with Crippen molar-refractivity contribution in [2.24, 2.45) is 0 Å². The molecule has 1 aromatic heterocycles. The third-order valence-electron chi connectivity index (χ3n) is 4.26. The molecule has 3 rings (SSSR count). The van der Waals surface area contributed by atoms with Gasteiger partial charge < -0.3 is 15.4 Å². The molecule has 2 aromatic carbocycles. The maximum Gasteiger partial charge on any atom is 0.339 e. The zero-order valence-electron chi connectivity index (χ0n) is 15.7. The fraction of sp³-hybridized carbons (Fsp3) is 0.136. The summed E-state index contributed by atoms with van der Waals surface area (Å²) in [5.74, 6) is -0.695. The lowest BCUT2D eigenvalue weighted by molar-refractivity contribution is 0.0601. The number of ether oxygens (including phenoxy) is 1. The number of para-hydroxylation sites is 2. The highest BCUT2D eigenvalue weighted by molar-refractivity contribution is 6.05. The van der Waals surface area contributed by atoms with E-state index in [2.05, 4.69) is 15.6 Å². The van der Waals surface area contributed by atoms with Crippen molar-refractivity contribution in [1.82, 2.24) is 4.98 Å². The number of methoxy groups -OCH3 is 1. The number of amides is 1. The molecule has 0 spiro atoms. The summed E-state index contributed by atoms with van der Waals surface area (Å²) in [7, 11) is 1.33. The van der Waals surface area contributed by atoms with Gasteiger partial charge in [0.2, 0.25) is 0 Å². The molecule has 0 saturated heterocycles. The van der Waals surface area contributed by atoms with Crippen LogP contribution in [0.25, 0.3) is 0 Å². The second-order valence-electron chi connectivity index (χ2n) is 6.09. The average Bonchev–Trinajstić information content (AvgIpc) is 2.74. The summed E-state index contributed by atoms with van der Waals surface area (Å²) < 4.78 is 4.81. The van der Waals surface area contributed by atoms with Crippen molar-refractivity contribution in [3.63, 3.8) is 0 Å². The molecule has 0 aliphatic carbocycles. The molecule has 0 unspecified atom stereocenters. The molecule has 0 fully saturated rings. The summed E-state index contributed by atoms with van der Waals surface area (Å²) in [4.78, 5) is 28.7. The molecule has 6 nitrogen and oxygen atoms in total. The van der Waals surface area contributed by atoms with E-state index in [0.717, 1.165) is 17.7 Å². The Morgan fingerprint density at radius 1 is 1.00 bits per heavy atom. The topological polar surface area (TPSA) is 80.3 Å². The summed E-state index contributed by atoms with van der Waals surface area (Å²) in [6.07, 6.45) is 3.91. The van der Waals surface area contributed by atoms with Crippen molar-refractivity contribution < 1.29 is 14.3 Å². The zero-order chi connectivity index (χ0) is 19.9. The first kappa shape index (κ1) is 19.1. The largest absolute Gasteiger partial charge is 0.465 e. The lowest BCUT2D eigenvalue weighted by Crippen LogP contribution is -2.14. The van der Waals surface area contributed by atoms with Gasteiger partial charge in [-0.25, -0.2) is 4.79 Å². The molecule has 0 radical (unpaired) electrons. The van der Waals surface area contributed by atoms with Crippen LogP contribution in [0, 0.1) is 0 Å². The lowest BCUT2D eigenvalue weighted by atomic mass is 10.1. The van der Waals surface area contributed by atoms with Crippen LogP contribution in [0.1, 0.15) is 33.2 Å². The predicted octanol–water partition coefficient (Wildman–Crippen LogP) is 4.43. The molecule has 1 amide bonds. The van der Waals surface area contributed by atoms with Crippen LogP contribution in [0.3, 0.4) is 0 Å².